The zero-order valence-electron chi connectivity index (χ0n) is 19.3. The summed E-state index contributed by atoms with van der Waals surface area (Å²) in [5.41, 5.74) is 2.41. The first-order chi connectivity index (χ1) is 16.0. The van der Waals surface area contributed by atoms with E-state index in [1.807, 2.05) is 23.1 Å². The van der Waals surface area contributed by atoms with Gasteiger partial charge in [0.05, 0.1) is 12.0 Å². The molecule has 0 saturated carbocycles. The molecule has 172 valence electrons. The largest absolute Gasteiger partial charge is 0.355 e. The highest BCUT2D eigenvalue weighted by Gasteiger charge is 2.37. The molecule has 6 nitrogen and oxygen atoms in total. The van der Waals surface area contributed by atoms with E-state index in [-0.39, 0.29) is 35.7 Å². The topological polar surface area (TPSA) is 65.0 Å². The van der Waals surface area contributed by atoms with Crippen molar-refractivity contribution in [1.82, 2.24) is 15.1 Å². The van der Waals surface area contributed by atoms with Gasteiger partial charge in [0.2, 0.25) is 11.8 Å². The summed E-state index contributed by atoms with van der Waals surface area (Å²) in [5, 5.41) is 2.99. The molecule has 6 heteroatoms. The Morgan fingerprint density at radius 2 is 1.67 bits per heavy atom. The van der Waals surface area contributed by atoms with Gasteiger partial charge in [0.1, 0.15) is 0 Å². The summed E-state index contributed by atoms with van der Waals surface area (Å²) in [6.07, 6.45) is 5.50. The molecule has 0 aromatic heterocycles. The molecular formula is C27H32N4O2. The number of hydrogen-bond donors (Lipinski definition) is 1. The Morgan fingerprint density at radius 1 is 1.03 bits per heavy atom. The molecule has 1 fully saturated rings. The summed E-state index contributed by atoms with van der Waals surface area (Å²) < 4.78 is 0. The maximum absolute atomic E-state index is 13.4. The van der Waals surface area contributed by atoms with Gasteiger partial charge in [-0.3, -0.25) is 19.5 Å². The fourth-order valence-electron chi connectivity index (χ4n) is 4.78. The van der Waals surface area contributed by atoms with Crippen molar-refractivity contribution in [2.45, 2.75) is 25.9 Å². The van der Waals surface area contributed by atoms with E-state index >= 15 is 0 Å². The van der Waals surface area contributed by atoms with Crippen LogP contribution in [0.4, 0.5) is 0 Å². The van der Waals surface area contributed by atoms with Gasteiger partial charge in [0.15, 0.2) is 0 Å². The van der Waals surface area contributed by atoms with Crippen LogP contribution in [-0.2, 0) is 9.59 Å². The van der Waals surface area contributed by atoms with Gasteiger partial charge in [0, 0.05) is 51.6 Å². The monoisotopic (exact) mass is 444 g/mol. The molecule has 0 aliphatic carbocycles. The Labute approximate surface area is 196 Å². The molecule has 33 heavy (non-hydrogen) atoms. The molecule has 2 heterocycles. The third kappa shape index (κ3) is 5.40. The second kappa shape index (κ2) is 10.6. The highest BCUT2D eigenvalue weighted by atomic mass is 16.2. The number of amides is 2. The Bertz CT molecular complexity index is 966. The number of allylic oxidation sites excluding steroid dienone is 1. The van der Waals surface area contributed by atoms with Crippen LogP contribution < -0.4 is 5.32 Å². The van der Waals surface area contributed by atoms with Gasteiger partial charge >= 0.3 is 0 Å². The third-order valence-corrected chi connectivity index (χ3v) is 6.56. The molecule has 2 aliphatic rings. The fraction of sp³-hybridized carbons (Fsp3) is 0.370. The van der Waals surface area contributed by atoms with Crippen LogP contribution in [0, 0.1) is 11.8 Å². The van der Waals surface area contributed by atoms with E-state index in [4.69, 9.17) is 0 Å². The number of hydrogen-bond acceptors (Lipinski definition) is 4. The number of carbonyl (C=O) groups excluding carboxylic acids is 2. The fourth-order valence-corrected chi connectivity index (χ4v) is 4.78. The molecule has 2 amide bonds. The van der Waals surface area contributed by atoms with Crippen molar-refractivity contribution in [2.75, 3.05) is 26.2 Å². The zero-order valence-corrected chi connectivity index (χ0v) is 19.3. The van der Waals surface area contributed by atoms with Crippen molar-refractivity contribution in [3.8, 4) is 0 Å². The van der Waals surface area contributed by atoms with E-state index in [1.54, 1.807) is 12.4 Å². The normalized spacial score (nSPS) is 23.0. The number of nitrogens with zero attached hydrogens (tertiary/aromatic N) is 3. The lowest BCUT2D eigenvalue weighted by molar-refractivity contribution is -0.137. The predicted octanol–water partition coefficient (Wildman–Crippen LogP) is 3.28. The van der Waals surface area contributed by atoms with Gasteiger partial charge in [-0.15, -0.1) is 0 Å². The van der Waals surface area contributed by atoms with Gasteiger partial charge in [-0.1, -0.05) is 73.7 Å². The van der Waals surface area contributed by atoms with Crippen molar-refractivity contribution in [1.29, 1.82) is 0 Å². The molecule has 1 N–H and O–H groups in total. The molecular weight excluding hydrogens is 412 g/mol. The van der Waals surface area contributed by atoms with Gasteiger partial charge < -0.3 is 10.2 Å². The second-order valence-electron chi connectivity index (χ2n) is 8.86. The third-order valence-electron chi connectivity index (χ3n) is 6.56. The summed E-state index contributed by atoms with van der Waals surface area (Å²) in [5.74, 6) is -0.0585. The Hall–Kier alpha value is -3.25. The van der Waals surface area contributed by atoms with Crippen LogP contribution in [-0.4, -0.2) is 60.0 Å². The highest BCUT2D eigenvalue weighted by Crippen LogP contribution is 2.32. The van der Waals surface area contributed by atoms with E-state index in [1.165, 1.54) is 18.1 Å². The van der Waals surface area contributed by atoms with Crippen LogP contribution in [0.1, 0.15) is 31.0 Å². The smallest absolute Gasteiger partial charge is 0.231 e. The lowest BCUT2D eigenvalue weighted by Crippen LogP contribution is -2.60. The lowest BCUT2D eigenvalue weighted by atomic mass is 9.91. The second-order valence-corrected chi connectivity index (χ2v) is 8.86. The molecule has 4 rings (SSSR count). The molecule has 2 aliphatic heterocycles. The molecule has 0 radical (unpaired) electrons. The van der Waals surface area contributed by atoms with E-state index in [2.05, 4.69) is 70.7 Å². The van der Waals surface area contributed by atoms with E-state index in [0.717, 1.165) is 6.54 Å². The number of rotatable bonds is 6. The van der Waals surface area contributed by atoms with Crippen molar-refractivity contribution in [2.24, 2.45) is 16.8 Å². The minimum absolute atomic E-state index is 0.0108. The molecule has 2 aromatic carbocycles. The zero-order chi connectivity index (χ0) is 23.2. The van der Waals surface area contributed by atoms with Crippen molar-refractivity contribution in [3.63, 3.8) is 0 Å². The summed E-state index contributed by atoms with van der Waals surface area (Å²) in [6, 6.07) is 20.9. The number of aliphatic imine (C=N–C) groups is 1. The summed E-state index contributed by atoms with van der Waals surface area (Å²) in [6.45, 7) is 6.01. The van der Waals surface area contributed by atoms with E-state index in [0.29, 0.717) is 19.6 Å². The van der Waals surface area contributed by atoms with Crippen LogP contribution in [0.25, 0.3) is 0 Å². The minimum Gasteiger partial charge on any atom is -0.355 e. The van der Waals surface area contributed by atoms with Gasteiger partial charge in [-0.05, 0) is 17.0 Å². The van der Waals surface area contributed by atoms with Gasteiger partial charge in [-0.25, -0.2) is 0 Å². The molecule has 3 atom stereocenters. The number of nitrogens with one attached hydrogen (secondary N) is 1. The minimum atomic E-state index is -0.234. The maximum atomic E-state index is 13.4. The Balaban J connectivity index is 1.62. The van der Waals surface area contributed by atoms with Crippen LogP contribution in [0.3, 0.4) is 0 Å². The van der Waals surface area contributed by atoms with Crippen LogP contribution >= 0.6 is 0 Å². The Kier molecular flexibility index (Phi) is 7.35. The first-order valence-corrected chi connectivity index (χ1v) is 11.6. The summed E-state index contributed by atoms with van der Waals surface area (Å²) >= 11 is 0. The van der Waals surface area contributed by atoms with Crippen LogP contribution in [0.15, 0.2) is 77.9 Å². The first kappa shape index (κ1) is 22.9. The Morgan fingerprint density at radius 3 is 2.24 bits per heavy atom. The lowest BCUT2D eigenvalue weighted by Gasteiger charge is -2.46. The van der Waals surface area contributed by atoms with Gasteiger partial charge in [-0.2, -0.15) is 0 Å². The molecule has 0 spiro atoms. The van der Waals surface area contributed by atoms with Gasteiger partial charge in [0.25, 0.3) is 0 Å². The van der Waals surface area contributed by atoms with E-state index < -0.39 is 0 Å². The molecule has 1 saturated heterocycles. The molecule has 2 aromatic rings. The average Bonchev–Trinajstić information content (AvgIpc) is 2.84. The maximum Gasteiger partial charge on any atom is 0.231 e. The highest BCUT2D eigenvalue weighted by molar-refractivity contribution is 5.94. The summed E-state index contributed by atoms with van der Waals surface area (Å²) in [4.78, 5) is 33.7. The average molecular weight is 445 g/mol. The van der Waals surface area contributed by atoms with Crippen molar-refractivity contribution >= 4 is 18.0 Å². The number of carbonyl (C=O) groups is 2. The molecule has 1 unspecified atom stereocenters. The SMILES string of the molecule is CC(=O)NC[C@H]1CN(C(=O)[C@H]2C=NC=CC2C)CCN1C(c1ccccc1)c1ccccc1. The van der Waals surface area contributed by atoms with Crippen LogP contribution in [0.5, 0.6) is 0 Å². The van der Waals surface area contributed by atoms with E-state index in [9.17, 15) is 9.59 Å². The standard InChI is InChI=1S/C27H32N4O2/c1-20-13-14-28-18-25(20)27(33)30-15-16-31(24(19-30)17-29-21(2)32)26(22-9-5-3-6-10-22)23-11-7-4-8-12-23/h3-14,18,20,24-26H,15-17,19H2,1-2H3,(H,29,32)/t20?,24-,25-/m0/s1. The quantitative estimate of drug-likeness (QED) is 0.744. The van der Waals surface area contributed by atoms with Crippen molar-refractivity contribution in [3.05, 3.63) is 84.1 Å². The number of benzene rings is 2. The van der Waals surface area contributed by atoms with Crippen molar-refractivity contribution < 1.29 is 9.59 Å². The molecule has 0 bridgehead atoms. The van der Waals surface area contributed by atoms with Crippen LogP contribution in [0.2, 0.25) is 0 Å². The number of piperazine rings is 1. The predicted molar refractivity (Wildman–Crippen MR) is 131 cm³/mol. The first-order valence-electron chi connectivity index (χ1n) is 11.6. The summed E-state index contributed by atoms with van der Waals surface area (Å²) in [7, 11) is 0.